The van der Waals surface area contributed by atoms with Crippen molar-refractivity contribution in [2.24, 2.45) is 0 Å². The van der Waals surface area contributed by atoms with Crippen LogP contribution in [0, 0.1) is 22.9 Å². The first kappa shape index (κ1) is 20.0. The Balaban J connectivity index is 2.50. The van der Waals surface area contributed by atoms with Crippen LogP contribution in [0.25, 0.3) is 21.5 Å². The molecule has 136 valence electrons. The van der Waals surface area contributed by atoms with Crippen LogP contribution in [0.3, 0.4) is 0 Å². The zero-order valence-electron chi connectivity index (χ0n) is 16.9. The smallest absolute Gasteiger partial charge is 0.127 e. The molecule has 0 aliphatic rings. The van der Waals surface area contributed by atoms with Gasteiger partial charge in [0.1, 0.15) is 16.1 Å². The van der Waals surface area contributed by atoms with Gasteiger partial charge in [-0.25, -0.2) is 0 Å². The summed E-state index contributed by atoms with van der Waals surface area (Å²) in [7, 11) is -2.95. The highest BCUT2D eigenvalue weighted by atomic mass is 79.9. The van der Waals surface area contributed by atoms with E-state index in [4.69, 9.17) is 0 Å². The van der Waals surface area contributed by atoms with Crippen molar-refractivity contribution in [3.05, 3.63) is 58.1 Å². The second-order valence-electron chi connectivity index (χ2n) is 8.99. The van der Waals surface area contributed by atoms with Gasteiger partial charge in [-0.2, -0.15) is 0 Å². The van der Waals surface area contributed by atoms with Crippen LogP contribution in [0.1, 0.15) is 11.1 Å². The highest BCUT2D eigenvalue weighted by Crippen LogP contribution is 2.34. The molecule has 0 spiro atoms. The molecule has 0 saturated heterocycles. The number of hydrogen-bond acceptors (Lipinski definition) is 0. The van der Waals surface area contributed by atoms with Crippen molar-refractivity contribution in [3.8, 4) is 22.9 Å². The zero-order chi connectivity index (χ0) is 19.8. The van der Waals surface area contributed by atoms with Crippen LogP contribution in [0.4, 0.5) is 0 Å². The summed E-state index contributed by atoms with van der Waals surface area (Å²) < 4.78 is 1.07. The summed E-state index contributed by atoms with van der Waals surface area (Å²) in [4.78, 5) is 0. The first-order chi connectivity index (χ1) is 12.6. The Morgan fingerprint density at radius 1 is 0.630 bits per heavy atom. The van der Waals surface area contributed by atoms with E-state index < -0.39 is 16.1 Å². The van der Waals surface area contributed by atoms with Gasteiger partial charge in [0.25, 0.3) is 0 Å². The molecule has 3 heteroatoms. The Labute approximate surface area is 173 Å². The molecule has 0 N–H and O–H groups in total. The Morgan fingerprint density at radius 3 is 1.56 bits per heavy atom. The maximum Gasteiger partial charge on any atom is 0.129 e. The molecule has 0 bridgehead atoms. The third-order valence-corrected chi connectivity index (χ3v) is 6.35. The zero-order valence-corrected chi connectivity index (χ0v) is 20.5. The minimum Gasteiger partial charge on any atom is -0.127 e. The van der Waals surface area contributed by atoms with E-state index in [1.165, 1.54) is 21.5 Å². The van der Waals surface area contributed by atoms with Gasteiger partial charge in [0, 0.05) is 21.0 Å². The molecule has 3 aromatic carbocycles. The van der Waals surface area contributed by atoms with Crippen molar-refractivity contribution < 1.29 is 0 Å². The van der Waals surface area contributed by atoms with Crippen molar-refractivity contribution in [2.45, 2.75) is 39.3 Å². The first-order valence-corrected chi connectivity index (χ1v) is 17.0. The summed E-state index contributed by atoms with van der Waals surface area (Å²) in [5.41, 5.74) is 9.38. The van der Waals surface area contributed by atoms with E-state index in [-0.39, 0.29) is 0 Å². The second-order valence-corrected chi connectivity index (χ2v) is 19.4. The molecule has 0 aromatic heterocycles. The monoisotopic (exact) mass is 448 g/mol. The SMILES string of the molecule is C[Si](C)(C)C#Cc1c2ccccc2c(C#C[Si](C)(C)C)c2cc(Br)ccc12. The van der Waals surface area contributed by atoms with Crippen LogP contribution in [0.15, 0.2) is 46.9 Å². The molecular weight excluding hydrogens is 424 g/mol. The quantitative estimate of drug-likeness (QED) is 0.193. The van der Waals surface area contributed by atoms with E-state index in [9.17, 15) is 0 Å². The van der Waals surface area contributed by atoms with Crippen molar-refractivity contribution in [1.82, 2.24) is 0 Å². The van der Waals surface area contributed by atoms with Crippen LogP contribution < -0.4 is 0 Å². The van der Waals surface area contributed by atoms with E-state index >= 15 is 0 Å². The van der Waals surface area contributed by atoms with Gasteiger partial charge < -0.3 is 0 Å². The molecule has 0 unspecified atom stereocenters. The van der Waals surface area contributed by atoms with Gasteiger partial charge in [-0.05, 0) is 28.3 Å². The average Bonchev–Trinajstić information content (AvgIpc) is 2.56. The summed E-state index contributed by atoms with van der Waals surface area (Å²) in [5, 5.41) is 4.79. The van der Waals surface area contributed by atoms with Crippen LogP contribution >= 0.6 is 15.9 Å². The lowest BCUT2D eigenvalue weighted by Gasteiger charge is -2.13. The molecule has 0 aliphatic carbocycles. The molecule has 0 saturated carbocycles. The van der Waals surface area contributed by atoms with Gasteiger partial charge in [0.15, 0.2) is 0 Å². The van der Waals surface area contributed by atoms with Crippen LogP contribution in [0.5, 0.6) is 0 Å². The summed E-state index contributed by atoms with van der Waals surface area (Å²) in [6.45, 7) is 13.7. The molecule has 0 fully saturated rings. The minimum absolute atomic E-state index is 1.07. The fourth-order valence-electron chi connectivity index (χ4n) is 2.92. The lowest BCUT2D eigenvalue weighted by Crippen LogP contribution is -2.16. The number of benzene rings is 3. The maximum absolute atomic E-state index is 3.65. The van der Waals surface area contributed by atoms with Crippen molar-refractivity contribution >= 4 is 53.6 Å². The molecule has 0 atom stereocenters. The molecular formula is C24H25BrSi2. The van der Waals surface area contributed by atoms with Crippen LogP contribution in [-0.2, 0) is 0 Å². The lowest BCUT2D eigenvalue weighted by atomic mass is 9.92. The lowest BCUT2D eigenvalue weighted by molar-refractivity contribution is 1.68. The fraction of sp³-hybridized carbons (Fsp3) is 0.250. The Hall–Kier alpha value is -1.79. The summed E-state index contributed by atoms with van der Waals surface area (Å²) in [5.74, 6) is 7.10. The van der Waals surface area contributed by atoms with Gasteiger partial charge >= 0.3 is 0 Å². The third kappa shape index (κ3) is 4.74. The number of fused-ring (bicyclic) bond motifs is 2. The normalized spacial score (nSPS) is 11.7. The summed E-state index contributed by atoms with van der Waals surface area (Å²) >= 11 is 3.65. The van der Waals surface area contributed by atoms with Crippen LogP contribution in [0.2, 0.25) is 39.3 Å². The van der Waals surface area contributed by atoms with Crippen molar-refractivity contribution in [1.29, 1.82) is 0 Å². The van der Waals surface area contributed by atoms with E-state index in [2.05, 4.69) is 121 Å². The number of halogens is 1. The Kier molecular flexibility index (Phi) is 5.41. The maximum atomic E-state index is 3.65. The van der Waals surface area contributed by atoms with Gasteiger partial charge in [0.2, 0.25) is 0 Å². The number of rotatable bonds is 0. The molecule has 0 amide bonds. The minimum atomic E-state index is -1.48. The molecule has 27 heavy (non-hydrogen) atoms. The highest BCUT2D eigenvalue weighted by Gasteiger charge is 2.14. The second kappa shape index (κ2) is 7.32. The Morgan fingerprint density at radius 2 is 1.07 bits per heavy atom. The standard InChI is InChI=1S/C24H25BrSi2/c1-26(2,3)15-13-22-19-9-7-8-10-20(19)23(14-16-27(4,5)6)24-17-18(25)11-12-21(22)24/h7-12,17H,1-6H3. The first-order valence-electron chi connectivity index (χ1n) is 9.25. The van der Waals surface area contributed by atoms with E-state index in [0.29, 0.717) is 0 Å². The molecule has 0 radical (unpaired) electrons. The summed E-state index contributed by atoms with van der Waals surface area (Å²) in [6, 6.07) is 15.0. The van der Waals surface area contributed by atoms with Gasteiger partial charge in [-0.15, -0.1) is 11.1 Å². The average molecular weight is 450 g/mol. The fourth-order valence-corrected chi connectivity index (χ4v) is 4.28. The van der Waals surface area contributed by atoms with Crippen molar-refractivity contribution in [2.75, 3.05) is 0 Å². The molecule has 0 nitrogen and oxygen atoms in total. The van der Waals surface area contributed by atoms with Gasteiger partial charge in [0.05, 0.1) is 0 Å². The highest BCUT2D eigenvalue weighted by molar-refractivity contribution is 9.10. The summed E-state index contributed by atoms with van der Waals surface area (Å²) in [6.07, 6.45) is 0. The molecule has 0 aliphatic heterocycles. The van der Waals surface area contributed by atoms with E-state index in [0.717, 1.165) is 15.6 Å². The number of hydrogen-bond donors (Lipinski definition) is 0. The Bertz CT molecular complexity index is 1150. The topological polar surface area (TPSA) is 0 Å². The largest absolute Gasteiger partial charge is 0.129 e. The molecule has 3 aromatic rings. The predicted molar refractivity (Wildman–Crippen MR) is 130 cm³/mol. The predicted octanol–water partition coefficient (Wildman–Crippen LogP) is 7.21. The van der Waals surface area contributed by atoms with Crippen molar-refractivity contribution in [3.63, 3.8) is 0 Å². The van der Waals surface area contributed by atoms with Crippen LogP contribution in [-0.4, -0.2) is 16.1 Å². The third-order valence-electron chi connectivity index (χ3n) is 4.11. The van der Waals surface area contributed by atoms with E-state index in [1.807, 2.05) is 0 Å². The molecule has 0 heterocycles. The van der Waals surface area contributed by atoms with Gasteiger partial charge in [-0.1, -0.05) is 97.4 Å². The van der Waals surface area contributed by atoms with E-state index in [1.54, 1.807) is 0 Å². The van der Waals surface area contributed by atoms with Gasteiger partial charge in [-0.3, -0.25) is 0 Å². The molecule has 3 rings (SSSR count).